The van der Waals surface area contributed by atoms with Crippen LogP contribution in [0.15, 0.2) is 76.7 Å². The summed E-state index contributed by atoms with van der Waals surface area (Å²) in [5, 5.41) is 3.61. The van der Waals surface area contributed by atoms with Crippen LogP contribution in [0, 0.1) is 12.7 Å². The van der Waals surface area contributed by atoms with Gasteiger partial charge in [-0.05, 0) is 49.4 Å². The molecule has 0 atom stereocenters. The van der Waals surface area contributed by atoms with Crippen molar-refractivity contribution in [1.82, 2.24) is 5.43 Å². The van der Waals surface area contributed by atoms with Gasteiger partial charge in [-0.15, -0.1) is 0 Å². The highest BCUT2D eigenvalue weighted by Crippen LogP contribution is 2.33. The highest BCUT2D eigenvalue weighted by Gasteiger charge is 2.33. The molecule has 0 saturated heterocycles. The molecule has 1 N–H and O–H groups in total. The topological polar surface area (TPSA) is 78.8 Å². The number of alkyl halides is 3. The van der Waals surface area contributed by atoms with Crippen molar-refractivity contribution >= 4 is 39.4 Å². The third kappa shape index (κ3) is 6.37. The van der Waals surface area contributed by atoms with Gasteiger partial charge in [0.25, 0.3) is 15.9 Å². The fourth-order valence-electron chi connectivity index (χ4n) is 2.96. The van der Waals surface area contributed by atoms with E-state index < -0.39 is 40.0 Å². The quantitative estimate of drug-likeness (QED) is 0.262. The Kier molecular flexibility index (Phi) is 7.81. The van der Waals surface area contributed by atoms with Gasteiger partial charge in [0.2, 0.25) is 0 Å². The Labute approximate surface area is 203 Å². The van der Waals surface area contributed by atoms with E-state index in [-0.39, 0.29) is 21.2 Å². The van der Waals surface area contributed by atoms with Crippen LogP contribution in [-0.4, -0.2) is 27.1 Å². The van der Waals surface area contributed by atoms with Crippen molar-refractivity contribution in [1.29, 1.82) is 0 Å². The van der Waals surface area contributed by atoms with E-state index in [1.54, 1.807) is 6.92 Å². The first kappa shape index (κ1) is 26.2. The molecule has 0 radical (unpaired) electrons. The molecule has 184 valence electrons. The van der Waals surface area contributed by atoms with Crippen molar-refractivity contribution < 1.29 is 30.8 Å². The molecule has 0 fully saturated rings. The highest BCUT2D eigenvalue weighted by atomic mass is 35.5. The summed E-state index contributed by atoms with van der Waals surface area (Å²) < 4.78 is 80.7. The molecule has 0 bridgehead atoms. The van der Waals surface area contributed by atoms with Gasteiger partial charge in [0.05, 0.1) is 27.4 Å². The van der Waals surface area contributed by atoms with Crippen LogP contribution in [0.4, 0.5) is 23.2 Å². The van der Waals surface area contributed by atoms with E-state index in [4.69, 9.17) is 11.6 Å². The zero-order valence-electron chi connectivity index (χ0n) is 18.1. The Morgan fingerprint density at radius 1 is 1.09 bits per heavy atom. The number of sulfonamides is 1. The number of halogens is 5. The second kappa shape index (κ2) is 10.4. The monoisotopic (exact) mass is 527 g/mol. The number of nitrogens with zero attached hydrogens (tertiary/aromatic N) is 2. The number of nitrogens with one attached hydrogen (secondary N) is 1. The summed E-state index contributed by atoms with van der Waals surface area (Å²) in [7, 11) is -4.45. The van der Waals surface area contributed by atoms with Crippen molar-refractivity contribution in [2.75, 3.05) is 10.8 Å². The lowest BCUT2D eigenvalue weighted by Gasteiger charge is -2.24. The van der Waals surface area contributed by atoms with Gasteiger partial charge in [0.1, 0.15) is 12.4 Å². The van der Waals surface area contributed by atoms with E-state index in [0.29, 0.717) is 10.4 Å². The van der Waals surface area contributed by atoms with Crippen LogP contribution < -0.4 is 9.73 Å². The summed E-state index contributed by atoms with van der Waals surface area (Å²) in [4.78, 5) is 12.3. The van der Waals surface area contributed by atoms with Crippen LogP contribution in [0.2, 0.25) is 5.02 Å². The molecule has 35 heavy (non-hydrogen) atoms. The maximum atomic E-state index is 13.8. The zero-order valence-corrected chi connectivity index (χ0v) is 19.6. The Morgan fingerprint density at radius 3 is 2.37 bits per heavy atom. The van der Waals surface area contributed by atoms with Gasteiger partial charge in [-0.3, -0.25) is 9.10 Å². The molecule has 0 aliphatic heterocycles. The first-order valence-corrected chi connectivity index (χ1v) is 11.7. The van der Waals surface area contributed by atoms with Crippen molar-refractivity contribution in [2.45, 2.75) is 18.0 Å². The van der Waals surface area contributed by atoms with Crippen LogP contribution >= 0.6 is 11.6 Å². The fourth-order valence-corrected chi connectivity index (χ4v) is 4.58. The number of anilines is 1. The highest BCUT2D eigenvalue weighted by molar-refractivity contribution is 7.92. The van der Waals surface area contributed by atoms with Gasteiger partial charge in [-0.1, -0.05) is 41.4 Å². The lowest BCUT2D eigenvalue weighted by atomic mass is 10.2. The summed E-state index contributed by atoms with van der Waals surface area (Å²) in [5.41, 5.74) is 1.21. The average molecular weight is 528 g/mol. The maximum absolute atomic E-state index is 13.8. The molecule has 3 rings (SSSR count). The molecular weight excluding hydrogens is 510 g/mol. The minimum absolute atomic E-state index is 0.0236. The molecule has 0 aliphatic rings. The van der Waals surface area contributed by atoms with Crippen molar-refractivity contribution in [3.63, 3.8) is 0 Å². The normalized spacial score (nSPS) is 12.1. The Balaban J connectivity index is 1.93. The molecule has 0 unspecified atom stereocenters. The number of carbonyl (C=O) groups excluding carboxylic acids is 1. The first-order valence-electron chi connectivity index (χ1n) is 9.92. The van der Waals surface area contributed by atoms with Crippen molar-refractivity contribution in [3.8, 4) is 0 Å². The van der Waals surface area contributed by atoms with E-state index in [2.05, 4.69) is 5.10 Å². The molecule has 1 amide bonds. The Hall–Kier alpha value is -3.44. The molecule has 6 nitrogen and oxygen atoms in total. The average Bonchev–Trinajstić information content (AvgIpc) is 2.79. The fraction of sp³-hybridized carbons (Fsp3) is 0.130. The smallest absolute Gasteiger partial charge is 0.271 e. The van der Waals surface area contributed by atoms with Gasteiger partial charge >= 0.3 is 6.18 Å². The molecule has 0 saturated carbocycles. The lowest BCUT2D eigenvalue weighted by molar-refractivity contribution is -0.137. The predicted molar refractivity (Wildman–Crippen MR) is 124 cm³/mol. The van der Waals surface area contributed by atoms with Crippen LogP contribution in [0.1, 0.15) is 16.7 Å². The molecule has 3 aromatic carbocycles. The molecule has 12 heteroatoms. The van der Waals surface area contributed by atoms with Gasteiger partial charge < -0.3 is 0 Å². The molecule has 3 aromatic rings. The third-order valence-electron chi connectivity index (χ3n) is 4.74. The molecule has 0 spiro atoms. The summed E-state index contributed by atoms with van der Waals surface area (Å²) in [6.07, 6.45) is -3.81. The van der Waals surface area contributed by atoms with Gasteiger partial charge in [0, 0.05) is 5.56 Å². The third-order valence-corrected chi connectivity index (χ3v) is 6.86. The van der Waals surface area contributed by atoms with Gasteiger partial charge in [-0.25, -0.2) is 18.2 Å². The van der Waals surface area contributed by atoms with Gasteiger partial charge in [0.15, 0.2) is 0 Å². The van der Waals surface area contributed by atoms with Crippen LogP contribution in [0.25, 0.3) is 0 Å². The number of hydrazone groups is 1. The van der Waals surface area contributed by atoms with Crippen molar-refractivity contribution in [2.24, 2.45) is 5.10 Å². The van der Waals surface area contributed by atoms with E-state index in [1.807, 2.05) is 5.43 Å². The van der Waals surface area contributed by atoms with Crippen molar-refractivity contribution in [3.05, 3.63) is 94.3 Å². The van der Waals surface area contributed by atoms with E-state index in [1.165, 1.54) is 36.4 Å². The van der Waals surface area contributed by atoms with Gasteiger partial charge in [-0.2, -0.15) is 18.3 Å². The number of amides is 1. The number of carbonyl (C=O) groups is 1. The van der Waals surface area contributed by atoms with Crippen LogP contribution in [0.3, 0.4) is 0 Å². The standard InChI is InChI=1S/C23H18ClF4N3O3S/c1-15-8-10-18(11-9-15)35(33,34)31(17-5-2-4-16(12-17)23(26,27)28)14-22(32)30-29-13-19-20(24)6-3-7-21(19)25/h2-13H,14H2,1H3,(H,30,32)/b29-13-. The SMILES string of the molecule is Cc1ccc(S(=O)(=O)N(CC(=O)N/N=C\c2c(F)cccc2Cl)c2cccc(C(F)(F)F)c2)cc1. The molecular formula is C23H18ClF4N3O3S. The van der Waals surface area contributed by atoms with Crippen LogP contribution in [0.5, 0.6) is 0 Å². The first-order chi connectivity index (χ1) is 16.4. The maximum Gasteiger partial charge on any atom is 0.416 e. The minimum atomic E-state index is -4.74. The molecule has 0 heterocycles. The van der Waals surface area contributed by atoms with E-state index >= 15 is 0 Å². The Bertz CT molecular complexity index is 1340. The second-order valence-electron chi connectivity index (χ2n) is 7.30. The number of hydrogen-bond donors (Lipinski definition) is 1. The van der Waals surface area contributed by atoms with Crippen LogP contribution in [-0.2, 0) is 21.0 Å². The number of benzene rings is 3. The predicted octanol–water partition coefficient (Wildman–Crippen LogP) is 5.15. The zero-order chi connectivity index (χ0) is 25.8. The Morgan fingerprint density at radius 2 is 1.74 bits per heavy atom. The summed E-state index contributed by atoms with van der Waals surface area (Å²) in [6, 6.07) is 13.1. The largest absolute Gasteiger partial charge is 0.416 e. The number of aryl methyl sites for hydroxylation is 1. The summed E-state index contributed by atoms with van der Waals surface area (Å²) in [6.45, 7) is 0.827. The summed E-state index contributed by atoms with van der Waals surface area (Å²) in [5.74, 6) is -1.69. The van der Waals surface area contributed by atoms with E-state index in [9.17, 15) is 30.8 Å². The second-order valence-corrected chi connectivity index (χ2v) is 9.57. The molecule has 0 aromatic heterocycles. The number of hydrogen-bond acceptors (Lipinski definition) is 4. The van der Waals surface area contributed by atoms with E-state index in [0.717, 1.165) is 36.0 Å². The lowest BCUT2D eigenvalue weighted by Crippen LogP contribution is -2.39. The minimum Gasteiger partial charge on any atom is -0.271 e. The summed E-state index contributed by atoms with van der Waals surface area (Å²) >= 11 is 5.88. The molecule has 0 aliphatic carbocycles. The number of rotatable bonds is 7.